The van der Waals surface area contributed by atoms with Crippen LogP contribution in [0.3, 0.4) is 0 Å². The molecule has 0 spiro atoms. The monoisotopic (exact) mass is 263 g/mol. The lowest BCUT2D eigenvalue weighted by Crippen LogP contribution is -2.39. The highest BCUT2D eigenvalue weighted by Crippen LogP contribution is 2.26. The number of carboxylic acids is 1. The van der Waals surface area contributed by atoms with Gasteiger partial charge in [-0.3, -0.25) is 9.88 Å². The number of aromatic carboxylic acids is 1. The fourth-order valence-corrected chi connectivity index (χ4v) is 2.05. The van der Waals surface area contributed by atoms with Gasteiger partial charge < -0.3 is 10.4 Å². The minimum absolute atomic E-state index is 0.227. The lowest BCUT2D eigenvalue weighted by atomic mass is 10.2. The highest BCUT2D eigenvalue weighted by molar-refractivity contribution is 5.87. The molecule has 5 nitrogen and oxygen atoms in total. The Hall–Kier alpha value is -1.46. The highest BCUT2D eigenvalue weighted by atomic mass is 16.4. The SMILES string of the molecule is CC(CNCc1ccc(C(=O)O)cn1)N(C)C1CC1. The lowest BCUT2D eigenvalue weighted by molar-refractivity contribution is 0.0696. The maximum Gasteiger partial charge on any atom is 0.337 e. The van der Waals surface area contributed by atoms with Crippen LogP contribution in [0.2, 0.25) is 0 Å². The van der Waals surface area contributed by atoms with Crippen LogP contribution in [0.15, 0.2) is 18.3 Å². The summed E-state index contributed by atoms with van der Waals surface area (Å²) < 4.78 is 0. The Morgan fingerprint density at radius 2 is 2.32 bits per heavy atom. The quantitative estimate of drug-likeness (QED) is 0.777. The van der Waals surface area contributed by atoms with Gasteiger partial charge in [0.15, 0.2) is 0 Å². The molecule has 0 radical (unpaired) electrons. The average Bonchev–Trinajstić information content (AvgIpc) is 3.22. The number of carboxylic acid groups (broad SMARTS) is 1. The average molecular weight is 263 g/mol. The van der Waals surface area contributed by atoms with Gasteiger partial charge in [0.25, 0.3) is 0 Å². The van der Waals surface area contributed by atoms with E-state index in [4.69, 9.17) is 5.11 Å². The number of aromatic nitrogens is 1. The van der Waals surface area contributed by atoms with E-state index in [9.17, 15) is 4.79 Å². The minimum atomic E-state index is -0.938. The van der Waals surface area contributed by atoms with Crippen molar-refractivity contribution in [1.82, 2.24) is 15.2 Å². The third kappa shape index (κ3) is 4.01. The van der Waals surface area contributed by atoms with Crippen molar-refractivity contribution in [2.24, 2.45) is 0 Å². The molecular weight excluding hydrogens is 242 g/mol. The van der Waals surface area contributed by atoms with Gasteiger partial charge in [0.1, 0.15) is 0 Å². The Kier molecular flexibility index (Phi) is 4.50. The molecule has 19 heavy (non-hydrogen) atoms. The normalized spacial score (nSPS) is 16.6. The largest absolute Gasteiger partial charge is 0.478 e. The van der Waals surface area contributed by atoms with Gasteiger partial charge >= 0.3 is 5.97 Å². The van der Waals surface area contributed by atoms with Crippen LogP contribution in [0.1, 0.15) is 35.8 Å². The van der Waals surface area contributed by atoms with Gasteiger partial charge in [0, 0.05) is 31.4 Å². The molecule has 0 bridgehead atoms. The minimum Gasteiger partial charge on any atom is -0.478 e. The fraction of sp³-hybridized carbons (Fsp3) is 0.571. The molecule has 1 fully saturated rings. The Balaban J connectivity index is 1.74. The number of likely N-dealkylation sites (N-methyl/N-ethyl adjacent to an activating group) is 1. The van der Waals surface area contributed by atoms with E-state index in [0.29, 0.717) is 12.6 Å². The van der Waals surface area contributed by atoms with Crippen LogP contribution >= 0.6 is 0 Å². The van der Waals surface area contributed by atoms with Crippen molar-refractivity contribution in [3.8, 4) is 0 Å². The smallest absolute Gasteiger partial charge is 0.337 e. The van der Waals surface area contributed by atoms with Crippen molar-refractivity contribution in [3.63, 3.8) is 0 Å². The Labute approximate surface area is 113 Å². The molecule has 1 heterocycles. The first-order valence-corrected chi connectivity index (χ1v) is 6.69. The van der Waals surface area contributed by atoms with Crippen molar-refractivity contribution in [1.29, 1.82) is 0 Å². The van der Waals surface area contributed by atoms with Crippen molar-refractivity contribution in [2.75, 3.05) is 13.6 Å². The molecule has 1 atom stereocenters. The number of nitrogens with zero attached hydrogens (tertiary/aromatic N) is 2. The molecule has 0 amide bonds. The first-order valence-electron chi connectivity index (χ1n) is 6.69. The van der Waals surface area contributed by atoms with Crippen LogP contribution in [-0.4, -0.2) is 46.6 Å². The molecule has 104 valence electrons. The Morgan fingerprint density at radius 1 is 1.58 bits per heavy atom. The topological polar surface area (TPSA) is 65.5 Å². The second-order valence-corrected chi connectivity index (χ2v) is 5.22. The summed E-state index contributed by atoms with van der Waals surface area (Å²) in [5, 5.41) is 12.1. The van der Waals surface area contributed by atoms with Gasteiger partial charge in [-0.2, -0.15) is 0 Å². The predicted molar refractivity (Wildman–Crippen MR) is 73.2 cm³/mol. The van der Waals surface area contributed by atoms with Gasteiger partial charge in [-0.25, -0.2) is 4.79 Å². The Morgan fingerprint density at radius 3 is 2.84 bits per heavy atom. The van der Waals surface area contributed by atoms with Gasteiger partial charge in [-0.05, 0) is 38.9 Å². The standard InChI is InChI=1S/C14H21N3O2/c1-10(17(2)13-5-6-13)7-15-9-12-4-3-11(8-16-12)14(18)19/h3-4,8,10,13,15H,5-7,9H2,1-2H3,(H,18,19). The second-order valence-electron chi connectivity index (χ2n) is 5.22. The number of pyridine rings is 1. The maximum absolute atomic E-state index is 10.7. The van der Waals surface area contributed by atoms with Crippen molar-refractivity contribution in [3.05, 3.63) is 29.6 Å². The zero-order valence-corrected chi connectivity index (χ0v) is 11.5. The molecule has 1 aliphatic carbocycles. The first-order chi connectivity index (χ1) is 9.08. The summed E-state index contributed by atoms with van der Waals surface area (Å²) >= 11 is 0. The number of carbonyl (C=O) groups is 1. The lowest BCUT2D eigenvalue weighted by Gasteiger charge is -2.24. The van der Waals surface area contributed by atoms with Crippen LogP contribution in [0.5, 0.6) is 0 Å². The Bertz CT molecular complexity index is 429. The van der Waals surface area contributed by atoms with Crippen molar-refractivity contribution in [2.45, 2.75) is 38.4 Å². The molecule has 1 unspecified atom stereocenters. The molecule has 1 aliphatic rings. The molecule has 0 saturated heterocycles. The van der Waals surface area contributed by atoms with Gasteiger partial charge in [0.2, 0.25) is 0 Å². The zero-order chi connectivity index (χ0) is 13.8. The molecule has 2 N–H and O–H groups in total. The maximum atomic E-state index is 10.7. The summed E-state index contributed by atoms with van der Waals surface area (Å²) in [6.45, 7) is 3.80. The number of hydrogen-bond donors (Lipinski definition) is 2. The van der Waals surface area contributed by atoms with Crippen LogP contribution in [0, 0.1) is 0 Å². The number of rotatable bonds is 7. The molecule has 5 heteroatoms. The van der Waals surface area contributed by atoms with Crippen LogP contribution in [-0.2, 0) is 6.54 Å². The van der Waals surface area contributed by atoms with Gasteiger partial charge in [-0.15, -0.1) is 0 Å². The van der Waals surface area contributed by atoms with Gasteiger partial charge in [0.05, 0.1) is 11.3 Å². The highest BCUT2D eigenvalue weighted by Gasteiger charge is 2.28. The van der Waals surface area contributed by atoms with Crippen molar-refractivity contribution >= 4 is 5.97 Å². The van der Waals surface area contributed by atoms with E-state index >= 15 is 0 Å². The van der Waals surface area contributed by atoms with Crippen LogP contribution in [0.4, 0.5) is 0 Å². The summed E-state index contributed by atoms with van der Waals surface area (Å²) in [6.07, 6.45) is 4.04. The molecular formula is C14H21N3O2. The summed E-state index contributed by atoms with van der Waals surface area (Å²) in [5.74, 6) is -0.938. The molecule has 1 aromatic rings. The predicted octanol–water partition coefficient (Wildman–Crippen LogP) is 1.35. The van der Waals surface area contributed by atoms with E-state index in [1.165, 1.54) is 19.0 Å². The van der Waals surface area contributed by atoms with E-state index in [0.717, 1.165) is 18.3 Å². The van der Waals surface area contributed by atoms with E-state index < -0.39 is 5.97 Å². The molecule has 1 aromatic heterocycles. The number of nitrogens with one attached hydrogen (secondary N) is 1. The third-order valence-corrected chi connectivity index (χ3v) is 3.64. The molecule has 0 aliphatic heterocycles. The molecule has 2 rings (SSSR count). The fourth-order valence-electron chi connectivity index (χ4n) is 2.05. The van der Waals surface area contributed by atoms with E-state index in [-0.39, 0.29) is 5.56 Å². The summed E-state index contributed by atoms with van der Waals surface area (Å²) in [5.41, 5.74) is 1.09. The van der Waals surface area contributed by atoms with Crippen molar-refractivity contribution < 1.29 is 9.90 Å². The second kappa shape index (κ2) is 6.12. The molecule has 1 saturated carbocycles. The summed E-state index contributed by atoms with van der Waals surface area (Å²) in [4.78, 5) is 17.2. The number of hydrogen-bond acceptors (Lipinski definition) is 4. The summed E-state index contributed by atoms with van der Waals surface area (Å²) in [6, 6.07) is 4.62. The van der Waals surface area contributed by atoms with E-state index in [1.54, 1.807) is 12.1 Å². The first kappa shape index (κ1) is 14.0. The molecule has 0 aromatic carbocycles. The van der Waals surface area contributed by atoms with E-state index in [1.807, 2.05) is 0 Å². The van der Waals surface area contributed by atoms with Crippen LogP contribution in [0.25, 0.3) is 0 Å². The van der Waals surface area contributed by atoms with Crippen LogP contribution < -0.4 is 5.32 Å². The zero-order valence-electron chi connectivity index (χ0n) is 11.5. The summed E-state index contributed by atoms with van der Waals surface area (Å²) in [7, 11) is 2.17. The third-order valence-electron chi connectivity index (χ3n) is 3.64. The van der Waals surface area contributed by atoms with E-state index in [2.05, 4.69) is 29.2 Å². The van der Waals surface area contributed by atoms with Gasteiger partial charge in [-0.1, -0.05) is 0 Å².